The number of aliphatic carboxylic acids is 1. The van der Waals surface area contributed by atoms with Crippen LogP contribution in [0, 0.1) is 0 Å². The van der Waals surface area contributed by atoms with Gasteiger partial charge in [-0.15, -0.1) is 0 Å². The summed E-state index contributed by atoms with van der Waals surface area (Å²) in [4.78, 5) is 22.2. The van der Waals surface area contributed by atoms with Crippen LogP contribution in [-0.2, 0) is 9.59 Å². The van der Waals surface area contributed by atoms with Crippen LogP contribution in [0.15, 0.2) is 0 Å². The van der Waals surface area contributed by atoms with Crippen molar-refractivity contribution in [2.45, 2.75) is 63.5 Å². The molecule has 17 heavy (non-hydrogen) atoms. The molecule has 0 aromatic heterocycles. The molecule has 5 nitrogen and oxygen atoms in total. The standard InChI is InChI=1S/C12H22N2O3/c1-9(7-11(16)17)14-10(15)8-12(13)5-3-2-4-6-12/h9H,2-8,13H2,1H3,(H,14,15)(H,16,17). The first-order valence-corrected chi connectivity index (χ1v) is 6.21. The molecule has 5 heteroatoms. The van der Waals surface area contributed by atoms with Crippen molar-refractivity contribution in [3.05, 3.63) is 0 Å². The van der Waals surface area contributed by atoms with Crippen molar-refractivity contribution < 1.29 is 14.7 Å². The Morgan fingerprint density at radius 1 is 1.35 bits per heavy atom. The van der Waals surface area contributed by atoms with Gasteiger partial charge in [0.05, 0.1) is 6.42 Å². The van der Waals surface area contributed by atoms with E-state index in [1.165, 1.54) is 6.42 Å². The Labute approximate surface area is 102 Å². The summed E-state index contributed by atoms with van der Waals surface area (Å²) >= 11 is 0. The monoisotopic (exact) mass is 242 g/mol. The molecule has 1 amide bonds. The van der Waals surface area contributed by atoms with Crippen LogP contribution < -0.4 is 11.1 Å². The average Bonchev–Trinajstić information content (AvgIpc) is 2.15. The van der Waals surface area contributed by atoms with Crippen LogP contribution in [0.4, 0.5) is 0 Å². The van der Waals surface area contributed by atoms with E-state index in [2.05, 4.69) is 5.32 Å². The number of rotatable bonds is 5. The topological polar surface area (TPSA) is 92.4 Å². The van der Waals surface area contributed by atoms with E-state index in [-0.39, 0.29) is 23.9 Å². The zero-order valence-corrected chi connectivity index (χ0v) is 10.4. The Morgan fingerprint density at radius 2 is 1.94 bits per heavy atom. The summed E-state index contributed by atoms with van der Waals surface area (Å²) in [5.41, 5.74) is 5.78. The lowest BCUT2D eigenvalue weighted by Gasteiger charge is -2.33. The number of carbonyl (C=O) groups excluding carboxylic acids is 1. The highest BCUT2D eigenvalue weighted by Crippen LogP contribution is 2.28. The SMILES string of the molecule is CC(CC(=O)O)NC(=O)CC1(N)CCCCC1. The summed E-state index contributed by atoms with van der Waals surface area (Å²) in [5, 5.41) is 11.3. The van der Waals surface area contributed by atoms with Crippen LogP contribution in [0.1, 0.15) is 51.9 Å². The van der Waals surface area contributed by atoms with E-state index < -0.39 is 5.97 Å². The Kier molecular flexibility index (Phi) is 4.93. The van der Waals surface area contributed by atoms with Gasteiger partial charge in [0, 0.05) is 18.0 Å². The molecule has 1 aliphatic rings. The van der Waals surface area contributed by atoms with E-state index in [0.717, 1.165) is 25.7 Å². The van der Waals surface area contributed by atoms with E-state index in [0.29, 0.717) is 6.42 Å². The van der Waals surface area contributed by atoms with Gasteiger partial charge in [-0.2, -0.15) is 0 Å². The van der Waals surface area contributed by atoms with Crippen molar-refractivity contribution in [1.29, 1.82) is 0 Å². The second-order valence-corrected chi connectivity index (χ2v) is 5.17. The van der Waals surface area contributed by atoms with Gasteiger partial charge in [0.2, 0.25) is 5.91 Å². The van der Waals surface area contributed by atoms with Crippen molar-refractivity contribution in [2.75, 3.05) is 0 Å². The Morgan fingerprint density at radius 3 is 2.47 bits per heavy atom. The van der Waals surface area contributed by atoms with Gasteiger partial charge in [-0.3, -0.25) is 9.59 Å². The molecular formula is C12H22N2O3. The molecule has 0 saturated heterocycles. The van der Waals surface area contributed by atoms with Crippen molar-refractivity contribution in [3.8, 4) is 0 Å². The number of nitrogens with two attached hydrogens (primary N) is 1. The van der Waals surface area contributed by atoms with E-state index in [1.54, 1.807) is 6.92 Å². The molecule has 0 spiro atoms. The largest absolute Gasteiger partial charge is 0.481 e. The quantitative estimate of drug-likeness (QED) is 0.671. The number of carboxylic acid groups (broad SMARTS) is 1. The third-order valence-electron chi connectivity index (χ3n) is 3.25. The number of hydrogen-bond donors (Lipinski definition) is 3. The van der Waals surface area contributed by atoms with Gasteiger partial charge >= 0.3 is 5.97 Å². The second-order valence-electron chi connectivity index (χ2n) is 5.17. The van der Waals surface area contributed by atoms with Crippen molar-refractivity contribution in [3.63, 3.8) is 0 Å². The van der Waals surface area contributed by atoms with Crippen LogP contribution in [0.25, 0.3) is 0 Å². The van der Waals surface area contributed by atoms with E-state index >= 15 is 0 Å². The maximum absolute atomic E-state index is 11.7. The van der Waals surface area contributed by atoms with Crippen molar-refractivity contribution in [1.82, 2.24) is 5.32 Å². The van der Waals surface area contributed by atoms with Gasteiger partial charge in [-0.1, -0.05) is 19.3 Å². The van der Waals surface area contributed by atoms with Gasteiger partial charge in [-0.05, 0) is 19.8 Å². The van der Waals surface area contributed by atoms with Crippen LogP contribution in [-0.4, -0.2) is 28.6 Å². The lowest BCUT2D eigenvalue weighted by atomic mass is 9.80. The van der Waals surface area contributed by atoms with Crippen LogP contribution >= 0.6 is 0 Å². The van der Waals surface area contributed by atoms with Gasteiger partial charge in [0.1, 0.15) is 0 Å². The molecule has 1 rings (SSSR count). The van der Waals surface area contributed by atoms with Gasteiger partial charge in [0.15, 0.2) is 0 Å². The summed E-state index contributed by atoms with van der Waals surface area (Å²) in [5.74, 6) is -1.04. The average molecular weight is 242 g/mol. The lowest BCUT2D eigenvalue weighted by Crippen LogP contribution is -2.47. The minimum atomic E-state index is -0.905. The number of amides is 1. The molecule has 0 radical (unpaired) electrons. The molecule has 98 valence electrons. The van der Waals surface area contributed by atoms with Crippen LogP contribution in [0.2, 0.25) is 0 Å². The fraction of sp³-hybridized carbons (Fsp3) is 0.833. The number of carbonyl (C=O) groups is 2. The molecule has 0 bridgehead atoms. The summed E-state index contributed by atoms with van der Waals surface area (Å²) in [6.45, 7) is 1.69. The fourth-order valence-corrected chi connectivity index (χ4v) is 2.39. The fourth-order valence-electron chi connectivity index (χ4n) is 2.39. The molecule has 0 aliphatic heterocycles. The zero-order chi connectivity index (χ0) is 12.9. The molecule has 0 aromatic carbocycles. The second kappa shape index (κ2) is 6.00. The number of nitrogens with one attached hydrogen (secondary N) is 1. The smallest absolute Gasteiger partial charge is 0.305 e. The Hall–Kier alpha value is -1.10. The molecule has 1 saturated carbocycles. The maximum atomic E-state index is 11.7. The lowest BCUT2D eigenvalue weighted by molar-refractivity contribution is -0.137. The first-order valence-electron chi connectivity index (χ1n) is 6.21. The molecule has 1 atom stereocenters. The normalized spacial score (nSPS) is 20.6. The Balaban J connectivity index is 2.35. The Bertz CT molecular complexity index is 285. The molecule has 0 aromatic rings. The summed E-state index contributed by atoms with van der Waals surface area (Å²) in [6.07, 6.45) is 5.36. The number of hydrogen-bond acceptors (Lipinski definition) is 3. The van der Waals surface area contributed by atoms with Gasteiger partial charge in [-0.25, -0.2) is 0 Å². The van der Waals surface area contributed by atoms with Crippen LogP contribution in [0.5, 0.6) is 0 Å². The van der Waals surface area contributed by atoms with Gasteiger partial charge in [0.25, 0.3) is 0 Å². The highest BCUT2D eigenvalue weighted by molar-refractivity contribution is 5.78. The zero-order valence-electron chi connectivity index (χ0n) is 10.4. The highest BCUT2D eigenvalue weighted by atomic mass is 16.4. The summed E-state index contributed by atoms with van der Waals surface area (Å²) in [6, 6.07) is -0.341. The van der Waals surface area contributed by atoms with Crippen molar-refractivity contribution in [2.24, 2.45) is 5.73 Å². The summed E-state index contributed by atoms with van der Waals surface area (Å²) < 4.78 is 0. The highest BCUT2D eigenvalue weighted by Gasteiger charge is 2.30. The van der Waals surface area contributed by atoms with Gasteiger partial charge < -0.3 is 16.2 Å². The molecular weight excluding hydrogens is 220 g/mol. The number of carboxylic acids is 1. The third-order valence-corrected chi connectivity index (χ3v) is 3.25. The minimum absolute atomic E-state index is 0.0523. The molecule has 1 aliphatic carbocycles. The molecule has 4 N–H and O–H groups in total. The minimum Gasteiger partial charge on any atom is -0.481 e. The van der Waals surface area contributed by atoms with E-state index in [1.807, 2.05) is 0 Å². The van der Waals surface area contributed by atoms with E-state index in [9.17, 15) is 9.59 Å². The predicted molar refractivity (Wildman–Crippen MR) is 64.5 cm³/mol. The predicted octanol–water partition coefficient (Wildman–Crippen LogP) is 1.02. The van der Waals surface area contributed by atoms with Crippen LogP contribution in [0.3, 0.4) is 0 Å². The summed E-state index contributed by atoms with van der Waals surface area (Å²) in [7, 11) is 0. The maximum Gasteiger partial charge on any atom is 0.305 e. The molecule has 0 heterocycles. The first kappa shape index (κ1) is 14.0. The van der Waals surface area contributed by atoms with Crippen molar-refractivity contribution >= 4 is 11.9 Å². The van der Waals surface area contributed by atoms with E-state index in [4.69, 9.17) is 10.8 Å². The third kappa shape index (κ3) is 5.17. The first-order chi connectivity index (χ1) is 7.91. The molecule has 1 fully saturated rings. The molecule has 1 unspecified atom stereocenters.